The van der Waals surface area contributed by atoms with E-state index in [1.165, 1.54) is 18.9 Å². The molecule has 0 bridgehead atoms. The van der Waals surface area contributed by atoms with Crippen molar-refractivity contribution in [2.24, 2.45) is 5.92 Å². The summed E-state index contributed by atoms with van der Waals surface area (Å²) in [5, 5.41) is 3.28. The first-order valence-electron chi connectivity index (χ1n) is 5.73. The Morgan fingerprint density at radius 3 is 2.59 bits per heavy atom. The monoisotopic (exact) mass is 244 g/mol. The second-order valence-corrected chi connectivity index (χ2v) is 4.54. The maximum Gasteiger partial charge on any atom is 0.417 e. The summed E-state index contributed by atoms with van der Waals surface area (Å²) in [6, 6.07) is 2.52. The third kappa shape index (κ3) is 3.43. The maximum atomic E-state index is 12.3. The van der Waals surface area contributed by atoms with E-state index in [0.717, 1.165) is 24.7 Å². The highest BCUT2D eigenvalue weighted by Crippen LogP contribution is 2.30. The quantitative estimate of drug-likeness (QED) is 0.880. The first kappa shape index (κ1) is 12.4. The summed E-state index contributed by atoms with van der Waals surface area (Å²) < 4.78 is 37.0. The van der Waals surface area contributed by atoms with Crippen LogP contribution in [0.1, 0.15) is 37.1 Å². The van der Waals surface area contributed by atoms with E-state index in [1.54, 1.807) is 0 Å². The van der Waals surface area contributed by atoms with Gasteiger partial charge in [-0.1, -0.05) is 0 Å². The molecule has 0 aliphatic heterocycles. The van der Waals surface area contributed by atoms with Gasteiger partial charge in [0.1, 0.15) is 0 Å². The Bertz CT molecular complexity index is 368. The highest BCUT2D eigenvalue weighted by atomic mass is 19.4. The van der Waals surface area contributed by atoms with Crippen LogP contribution >= 0.6 is 0 Å². The number of rotatable bonds is 4. The summed E-state index contributed by atoms with van der Waals surface area (Å²) in [7, 11) is 0. The van der Waals surface area contributed by atoms with Gasteiger partial charge in [-0.2, -0.15) is 13.2 Å². The zero-order chi connectivity index (χ0) is 12.5. The lowest BCUT2D eigenvalue weighted by atomic mass is 10.1. The lowest BCUT2D eigenvalue weighted by Gasteiger charge is -2.14. The van der Waals surface area contributed by atoms with E-state index >= 15 is 0 Å². The van der Waals surface area contributed by atoms with Crippen LogP contribution in [-0.2, 0) is 6.18 Å². The molecule has 17 heavy (non-hydrogen) atoms. The summed E-state index contributed by atoms with van der Waals surface area (Å²) in [6.07, 6.45) is -0.916. The van der Waals surface area contributed by atoms with Gasteiger partial charge in [0.2, 0.25) is 0 Å². The molecule has 1 saturated carbocycles. The molecule has 2 nitrogen and oxygen atoms in total. The molecule has 0 amide bonds. The summed E-state index contributed by atoms with van der Waals surface area (Å²) in [5.41, 5.74) is -0.0470. The van der Waals surface area contributed by atoms with Gasteiger partial charge in [-0.25, -0.2) is 0 Å². The van der Waals surface area contributed by atoms with Crippen LogP contribution in [0.4, 0.5) is 13.2 Å². The number of nitrogens with zero attached hydrogens (tertiary/aromatic N) is 1. The minimum absolute atomic E-state index is 0.00196. The van der Waals surface area contributed by atoms with Crippen molar-refractivity contribution in [3.63, 3.8) is 0 Å². The Labute approximate surface area is 98.2 Å². The van der Waals surface area contributed by atoms with Gasteiger partial charge in [-0.05, 0) is 44.4 Å². The molecule has 0 radical (unpaired) electrons. The summed E-state index contributed by atoms with van der Waals surface area (Å²) >= 11 is 0. The second-order valence-electron chi connectivity index (χ2n) is 4.54. The Morgan fingerprint density at radius 2 is 2.12 bits per heavy atom. The summed E-state index contributed by atoms with van der Waals surface area (Å²) in [6.45, 7) is 2.84. The van der Waals surface area contributed by atoms with E-state index in [1.807, 2.05) is 6.92 Å². The Kier molecular flexibility index (Phi) is 3.38. The van der Waals surface area contributed by atoms with Crippen molar-refractivity contribution in [3.05, 3.63) is 29.6 Å². The average molecular weight is 244 g/mol. The molecule has 1 atom stereocenters. The van der Waals surface area contributed by atoms with E-state index in [-0.39, 0.29) is 6.04 Å². The third-order valence-electron chi connectivity index (χ3n) is 2.97. The highest BCUT2D eigenvalue weighted by Gasteiger charge is 2.30. The van der Waals surface area contributed by atoms with Gasteiger partial charge in [-0.3, -0.25) is 4.98 Å². The predicted molar refractivity (Wildman–Crippen MR) is 58.4 cm³/mol. The van der Waals surface area contributed by atoms with Crippen LogP contribution in [0, 0.1) is 5.92 Å². The number of halogens is 3. The van der Waals surface area contributed by atoms with Crippen molar-refractivity contribution in [2.75, 3.05) is 6.54 Å². The normalized spacial score (nSPS) is 18.1. The standard InChI is InChI=1S/C12H15F3N2/c1-8(16-6-9-2-3-9)11-5-4-10(7-17-11)12(13,14)15/h4-5,7-9,16H,2-3,6H2,1H3. The first-order chi connectivity index (χ1) is 7.97. The van der Waals surface area contributed by atoms with Gasteiger partial charge in [0.15, 0.2) is 0 Å². The largest absolute Gasteiger partial charge is 0.417 e. The van der Waals surface area contributed by atoms with E-state index in [4.69, 9.17) is 0 Å². The van der Waals surface area contributed by atoms with E-state index < -0.39 is 11.7 Å². The molecule has 94 valence electrons. The fourth-order valence-electron chi connectivity index (χ4n) is 1.60. The van der Waals surface area contributed by atoms with E-state index in [0.29, 0.717) is 5.69 Å². The lowest BCUT2D eigenvalue weighted by Crippen LogP contribution is -2.22. The van der Waals surface area contributed by atoms with Gasteiger partial charge >= 0.3 is 6.18 Å². The molecule has 1 heterocycles. The molecule has 1 aromatic heterocycles. The van der Waals surface area contributed by atoms with Crippen molar-refractivity contribution in [1.29, 1.82) is 0 Å². The smallest absolute Gasteiger partial charge is 0.309 e. The van der Waals surface area contributed by atoms with Crippen molar-refractivity contribution < 1.29 is 13.2 Å². The molecule has 1 fully saturated rings. The van der Waals surface area contributed by atoms with Gasteiger partial charge in [-0.15, -0.1) is 0 Å². The van der Waals surface area contributed by atoms with Gasteiger partial charge in [0.05, 0.1) is 11.3 Å². The number of pyridine rings is 1. The van der Waals surface area contributed by atoms with Crippen LogP contribution in [0.5, 0.6) is 0 Å². The van der Waals surface area contributed by atoms with Gasteiger partial charge in [0.25, 0.3) is 0 Å². The summed E-state index contributed by atoms with van der Waals surface area (Å²) in [5.74, 6) is 0.742. The number of nitrogens with one attached hydrogen (secondary N) is 1. The van der Waals surface area contributed by atoms with Gasteiger partial charge in [0, 0.05) is 12.2 Å². The molecule has 1 aliphatic carbocycles. The average Bonchev–Trinajstić information content (AvgIpc) is 3.09. The van der Waals surface area contributed by atoms with E-state index in [2.05, 4.69) is 10.3 Å². The van der Waals surface area contributed by atoms with E-state index in [9.17, 15) is 13.2 Å². The van der Waals surface area contributed by atoms with Crippen molar-refractivity contribution >= 4 is 0 Å². The van der Waals surface area contributed by atoms with Crippen LogP contribution in [0.3, 0.4) is 0 Å². The Hall–Kier alpha value is -1.10. The number of hydrogen-bond acceptors (Lipinski definition) is 2. The molecule has 1 unspecified atom stereocenters. The molecular formula is C12H15F3N2. The fourth-order valence-corrected chi connectivity index (χ4v) is 1.60. The lowest BCUT2D eigenvalue weighted by molar-refractivity contribution is -0.137. The van der Waals surface area contributed by atoms with Crippen LogP contribution in [0.2, 0.25) is 0 Å². The molecule has 0 saturated heterocycles. The number of hydrogen-bond donors (Lipinski definition) is 1. The first-order valence-corrected chi connectivity index (χ1v) is 5.73. The van der Waals surface area contributed by atoms with Crippen molar-refractivity contribution in [1.82, 2.24) is 10.3 Å². The minimum atomic E-state index is -4.31. The van der Waals surface area contributed by atoms with Crippen LogP contribution in [-0.4, -0.2) is 11.5 Å². The SMILES string of the molecule is CC(NCC1CC1)c1ccc(C(F)(F)F)cn1. The topological polar surface area (TPSA) is 24.9 Å². The molecular weight excluding hydrogens is 229 g/mol. The molecule has 0 aromatic carbocycles. The molecule has 0 spiro atoms. The molecule has 2 rings (SSSR count). The molecule has 1 aliphatic rings. The van der Waals surface area contributed by atoms with Crippen molar-refractivity contribution in [2.45, 2.75) is 32.0 Å². The maximum absolute atomic E-state index is 12.3. The third-order valence-corrected chi connectivity index (χ3v) is 2.97. The van der Waals surface area contributed by atoms with Crippen LogP contribution < -0.4 is 5.32 Å². The predicted octanol–water partition coefficient (Wildman–Crippen LogP) is 3.16. The zero-order valence-electron chi connectivity index (χ0n) is 9.59. The van der Waals surface area contributed by atoms with Crippen LogP contribution in [0.25, 0.3) is 0 Å². The molecule has 5 heteroatoms. The summed E-state index contributed by atoms with van der Waals surface area (Å²) in [4.78, 5) is 3.86. The molecule has 1 aromatic rings. The molecule has 1 N–H and O–H groups in total. The van der Waals surface area contributed by atoms with Gasteiger partial charge < -0.3 is 5.32 Å². The number of alkyl halides is 3. The fraction of sp³-hybridized carbons (Fsp3) is 0.583. The zero-order valence-corrected chi connectivity index (χ0v) is 9.59. The number of aromatic nitrogens is 1. The second kappa shape index (κ2) is 4.64. The Morgan fingerprint density at radius 1 is 1.41 bits per heavy atom. The minimum Gasteiger partial charge on any atom is -0.309 e. The van der Waals surface area contributed by atoms with Crippen molar-refractivity contribution in [3.8, 4) is 0 Å². The Balaban J connectivity index is 1.96. The highest BCUT2D eigenvalue weighted by molar-refractivity contribution is 5.18. The van der Waals surface area contributed by atoms with Crippen LogP contribution in [0.15, 0.2) is 18.3 Å².